The smallest absolute Gasteiger partial charge is 0.433 e. The van der Waals surface area contributed by atoms with Gasteiger partial charge in [0.05, 0.1) is 0 Å². The van der Waals surface area contributed by atoms with Gasteiger partial charge in [0.25, 0.3) is 0 Å². The molecule has 0 spiro atoms. The van der Waals surface area contributed by atoms with Crippen molar-refractivity contribution >= 4 is 5.97 Å². The van der Waals surface area contributed by atoms with Crippen LogP contribution in [0, 0.1) is 6.92 Å². The van der Waals surface area contributed by atoms with Crippen molar-refractivity contribution in [1.82, 2.24) is 0 Å². The summed E-state index contributed by atoms with van der Waals surface area (Å²) >= 11 is 0. The van der Waals surface area contributed by atoms with E-state index in [1.165, 1.54) is 24.3 Å². The zero-order chi connectivity index (χ0) is 13.3. The maximum atomic E-state index is 13.5. The van der Waals surface area contributed by atoms with Gasteiger partial charge in [0.2, 0.25) is 0 Å². The molecular weight excluding hydrogens is 240 g/mol. The second kappa shape index (κ2) is 4.35. The summed E-state index contributed by atoms with van der Waals surface area (Å²) in [6, 6.07) is 5.54. The minimum absolute atomic E-state index is 0.0159. The number of carboxylic acid groups (broad SMARTS) is 1. The number of halogens is 4. The molecule has 1 rings (SSSR count). The predicted molar refractivity (Wildman–Crippen MR) is 52.4 cm³/mol. The number of rotatable bonds is 3. The molecule has 1 aromatic rings. The molecule has 0 aliphatic carbocycles. The lowest BCUT2D eigenvalue weighted by Gasteiger charge is -2.23. The van der Waals surface area contributed by atoms with Gasteiger partial charge in [-0.2, -0.15) is 13.2 Å². The summed E-state index contributed by atoms with van der Waals surface area (Å²) in [5, 5.41) is 8.39. The Morgan fingerprint density at radius 1 is 1.18 bits per heavy atom. The lowest BCUT2D eigenvalue weighted by molar-refractivity contribution is -0.235. The average Bonchev–Trinajstić information content (AvgIpc) is 2.19. The third-order valence-corrected chi connectivity index (χ3v) is 2.36. The first-order valence-electron chi connectivity index (χ1n) is 4.71. The SMILES string of the molecule is Cc1ccc(CC(F)(C(=O)O)C(F)(F)F)cc1. The molecule has 6 heteroatoms. The summed E-state index contributed by atoms with van der Waals surface area (Å²) < 4.78 is 50.6. The fraction of sp³-hybridized carbons (Fsp3) is 0.364. The molecular formula is C11H10F4O2. The standard InChI is InChI=1S/C11H10F4O2/c1-7-2-4-8(5-3-7)6-10(12,9(16)17)11(13,14)15/h2-5H,6H2,1H3,(H,16,17). The number of benzene rings is 1. The van der Waals surface area contributed by atoms with E-state index in [1.54, 1.807) is 6.92 Å². The van der Waals surface area contributed by atoms with E-state index in [-0.39, 0.29) is 5.56 Å². The minimum atomic E-state index is -5.44. The molecule has 94 valence electrons. The maximum absolute atomic E-state index is 13.5. The van der Waals surface area contributed by atoms with Crippen LogP contribution in [0.3, 0.4) is 0 Å². The molecule has 0 saturated carbocycles. The number of alkyl halides is 4. The quantitative estimate of drug-likeness (QED) is 0.837. The van der Waals surface area contributed by atoms with Crippen LogP contribution in [0.1, 0.15) is 11.1 Å². The van der Waals surface area contributed by atoms with Gasteiger partial charge in [0.1, 0.15) is 0 Å². The fourth-order valence-electron chi connectivity index (χ4n) is 1.28. The zero-order valence-corrected chi connectivity index (χ0v) is 8.88. The van der Waals surface area contributed by atoms with Gasteiger partial charge in [-0.1, -0.05) is 29.8 Å². The highest BCUT2D eigenvalue weighted by Gasteiger charge is 2.62. The Labute approximate surface area is 94.9 Å². The molecule has 0 heterocycles. The van der Waals surface area contributed by atoms with Gasteiger partial charge in [-0.05, 0) is 12.5 Å². The number of aliphatic carboxylic acids is 1. The molecule has 0 saturated heterocycles. The highest BCUT2D eigenvalue weighted by Crippen LogP contribution is 2.37. The average molecular weight is 250 g/mol. The molecule has 1 atom stereocenters. The molecule has 1 unspecified atom stereocenters. The van der Waals surface area contributed by atoms with Crippen molar-refractivity contribution in [2.24, 2.45) is 0 Å². The van der Waals surface area contributed by atoms with E-state index < -0.39 is 24.2 Å². The van der Waals surface area contributed by atoms with Crippen molar-refractivity contribution in [2.45, 2.75) is 25.2 Å². The van der Waals surface area contributed by atoms with Crippen LogP contribution in [0.2, 0.25) is 0 Å². The molecule has 0 bridgehead atoms. The van der Waals surface area contributed by atoms with E-state index in [4.69, 9.17) is 5.11 Å². The lowest BCUT2D eigenvalue weighted by Crippen LogP contribution is -2.49. The monoisotopic (exact) mass is 250 g/mol. The summed E-state index contributed by atoms with van der Waals surface area (Å²) in [4.78, 5) is 10.4. The van der Waals surface area contributed by atoms with Crippen molar-refractivity contribution in [3.63, 3.8) is 0 Å². The second-order valence-electron chi connectivity index (χ2n) is 3.77. The number of hydrogen-bond acceptors (Lipinski definition) is 1. The van der Waals surface area contributed by atoms with Crippen molar-refractivity contribution in [3.05, 3.63) is 35.4 Å². The second-order valence-corrected chi connectivity index (χ2v) is 3.77. The van der Waals surface area contributed by atoms with E-state index in [2.05, 4.69) is 0 Å². The summed E-state index contributed by atoms with van der Waals surface area (Å²) in [6.45, 7) is 1.72. The first-order chi connectivity index (χ1) is 7.67. The third kappa shape index (κ3) is 2.75. The maximum Gasteiger partial charge on any atom is 0.433 e. The minimum Gasteiger partial charge on any atom is -0.479 e. The van der Waals surface area contributed by atoms with E-state index >= 15 is 0 Å². The molecule has 0 fully saturated rings. The van der Waals surface area contributed by atoms with Crippen LogP contribution in [0.15, 0.2) is 24.3 Å². The first-order valence-corrected chi connectivity index (χ1v) is 4.71. The highest BCUT2D eigenvalue weighted by atomic mass is 19.4. The van der Waals surface area contributed by atoms with Gasteiger partial charge >= 0.3 is 17.8 Å². The van der Waals surface area contributed by atoms with Crippen LogP contribution in [-0.2, 0) is 11.2 Å². The van der Waals surface area contributed by atoms with Gasteiger partial charge in [0.15, 0.2) is 0 Å². The largest absolute Gasteiger partial charge is 0.479 e. The zero-order valence-electron chi connectivity index (χ0n) is 8.88. The first kappa shape index (κ1) is 13.5. The molecule has 0 aromatic heterocycles. The Kier molecular flexibility index (Phi) is 3.45. The van der Waals surface area contributed by atoms with Crippen molar-refractivity contribution in [2.75, 3.05) is 0 Å². The van der Waals surface area contributed by atoms with Crippen molar-refractivity contribution < 1.29 is 27.5 Å². The van der Waals surface area contributed by atoms with Crippen LogP contribution in [0.4, 0.5) is 17.6 Å². The van der Waals surface area contributed by atoms with Crippen LogP contribution in [0.5, 0.6) is 0 Å². The number of hydrogen-bond donors (Lipinski definition) is 1. The Morgan fingerprint density at radius 2 is 1.65 bits per heavy atom. The Morgan fingerprint density at radius 3 is 2.00 bits per heavy atom. The summed E-state index contributed by atoms with van der Waals surface area (Å²) in [6.07, 6.45) is -6.67. The van der Waals surface area contributed by atoms with Crippen molar-refractivity contribution in [1.29, 1.82) is 0 Å². The van der Waals surface area contributed by atoms with E-state index in [1.807, 2.05) is 0 Å². The number of carboxylic acids is 1. The Hall–Kier alpha value is -1.59. The highest BCUT2D eigenvalue weighted by molar-refractivity contribution is 5.79. The summed E-state index contributed by atoms with van der Waals surface area (Å²) in [5.41, 5.74) is -3.47. The van der Waals surface area contributed by atoms with Gasteiger partial charge in [-0.3, -0.25) is 0 Å². The van der Waals surface area contributed by atoms with Crippen LogP contribution >= 0.6 is 0 Å². The lowest BCUT2D eigenvalue weighted by atomic mass is 9.95. The topological polar surface area (TPSA) is 37.3 Å². The molecule has 1 N–H and O–H groups in total. The number of aryl methyl sites for hydroxylation is 1. The molecule has 17 heavy (non-hydrogen) atoms. The van der Waals surface area contributed by atoms with Crippen molar-refractivity contribution in [3.8, 4) is 0 Å². The van der Waals surface area contributed by atoms with E-state index in [0.717, 1.165) is 5.56 Å². The summed E-state index contributed by atoms with van der Waals surface area (Å²) in [5.74, 6) is -2.52. The van der Waals surface area contributed by atoms with Gasteiger partial charge < -0.3 is 5.11 Å². The van der Waals surface area contributed by atoms with Crippen LogP contribution < -0.4 is 0 Å². The normalized spacial score (nSPS) is 15.4. The molecule has 0 amide bonds. The van der Waals surface area contributed by atoms with Crippen LogP contribution in [0.25, 0.3) is 0 Å². The van der Waals surface area contributed by atoms with Gasteiger partial charge in [0, 0.05) is 6.42 Å². The fourth-order valence-corrected chi connectivity index (χ4v) is 1.28. The summed E-state index contributed by atoms with van der Waals surface area (Å²) in [7, 11) is 0. The Bertz CT molecular complexity index is 410. The molecule has 0 radical (unpaired) electrons. The van der Waals surface area contributed by atoms with Gasteiger partial charge in [-0.15, -0.1) is 0 Å². The predicted octanol–water partition coefficient (Wildman–Crippen LogP) is 2.89. The third-order valence-electron chi connectivity index (χ3n) is 2.36. The van der Waals surface area contributed by atoms with E-state index in [0.29, 0.717) is 0 Å². The number of carbonyl (C=O) groups is 1. The van der Waals surface area contributed by atoms with Gasteiger partial charge in [-0.25, -0.2) is 9.18 Å². The van der Waals surface area contributed by atoms with E-state index in [9.17, 15) is 22.4 Å². The molecule has 0 aliphatic rings. The molecule has 2 nitrogen and oxygen atoms in total. The van der Waals surface area contributed by atoms with Crippen LogP contribution in [-0.4, -0.2) is 22.9 Å². The molecule has 0 aliphatic heterocycles. The Balaban J connectivity index is 3.04. The molecule has 1 aromatic carbocycles.